The van der Waals surface area contributed by atoms with Crippen LogP contribution in [0.15, 0.2) is 23.0 Å². The first-order valence-corrected chi connectivity index (χ1v) is 9.83. The fourth-order valence-electron chi connectivity index (χ4n) is 3.47. The van der Waals surface area contributed by atoms with Crippen molar-refractivity contribution in [1.29, 1.82) is 0 Å². The molecule has 2 amide bonds. The first-order chi connectivity index (χ1) is 12.5. The molecule has 1 aliphatic rings. The zero-order chi connectivity index (χ0) is 18.7. The summed E-state index contributed by atoms with van der Waals surface area (Å²) in [5.41, 5.74) is 2.38. The van der Waals surface area contributed by atoms with E-state index in [2.05, 4.69) is 21.2 Å². The highest BCUT2D eigenvalue weighted by molar-refractivity contribution is 9.09. The van der Waals surface area contributed by atoms with Gasteiger partial charge in [-0.25, -0.2) is 4.79 Å². The first kappa shape index (κ1) is 18.8. The van der Waals surface area contributed by atoms with E-state index in [9.17, 15) is 14.4 Å². The third-order valence-electron chi connectivity index (χ3n) is 4.66. The Labute approximate surface area is 160 Å². The van der Waals surface area contributed by atoms with Gasteiger partial charge in [0.05, 0.1) is 17.6 Å². The van der Waals surface area contributed by atoms with Gasteiger partial charge in [-0.2, -0.15) is 0 Å². The molecule has 0 saturated carbocycles. The van der Waals surface area contributed by atoms with E-state index in [0.717, 1.165) is 34.8 Å². The molecule has 1 aromatic carbocycles. The molecule has 1 aromatic heterocycles. The molecule has 142 valence electrons. The number of rotatable bonds is 7. The van der Waals surface area contributed by atoms with Crippen molar-refractivity contribution in [2.45, 2.75) is 31.7 Å². The minimum absolute atomic E-state index is 0. The molecule has 0 bridgehead atoms. The van der Waals surface area contributed by atoms with Crippen molar-refractivity contribution in [3.05, 3.63) is 34.2 Å². The lowest BCUT2D eigenvalue weighted by Gasteiger charge is -2.21. The highest BCUT2D eigenvalue weighted by Crippen LogP contribution is 2.25. The van der Waals surface area contributed by atoms with Crippen LogP contribution in [-0.4, -0.2) is 39.5 Å². The Morgan fingerprint density at radius 2 is 2.12 bits per heavy atom. The second-order valence-corrected chi connectivity index (χ2v) is 7.16. The van der Waals surface area contributed by atoms with E-state index < -0.39 is 11.9 Å². The summed E-state index contributed by atoms with van der Waals surface area (Å²) < 4.78 is 8.60. The standard InChI is InChI=1S/C18H22BrN3O4.H2/c1-21-16-12(5-3-10-26-11-9-19)4-2-6-13(16)22(18(21)25)14-7-8-15(23)20-17(14)24;/h2,4,6,14H,3,5,7-11H2,1H3,(H,20,23,24);1H. The van der Waals surface area contributed by atoms with Gasteiger partial charge in [-0.3, -0.25) is 24.0 Å². The number of piperidine rings is 1. The molecule has 1 atom stereocenters. The van der Waals surface area contributed by atoms with Crippen LogP contribution in [0.5, 0.6) is 0 Å². The summed E-state index contributed by atoms with van der Waals surface area (Å²) in [4.78, 5) is 36.5. The molecule has 1 N–H and O–H groups in total. The number of benzene rings is 1. The number of nitrogens with zero attached hydrogens (tertiary/aromatic N) is 2. The van der Waals surface area contributed by atoms with Gasteiger partial charge < -0.3 is 4.74 Å². The number of para-hydroxylation sites is 1. The summed E-state index contributed by atoms with van der Waals surface area (Å²) >= 11 is 3.33. The van der Waals surface area contributed by atoms with E-state index in [-0.39, 0.29) is 19.4 Å². The van der Waals surface area contributed by atoms with Crippen LogP contribution in [0.4, 0.5) is 0 Å². The Kier molecular flexibility index (Phi) is 5.93. The monoisotopic (exact) mass is 425 g/mol. The van der Waals surface area contributed by atoms with Crippen molar-refractivity contribution in [2.75, 3.05) is 18.5 Å². The molecule has 2 aromatic rings. The molecule has 0 aliphatic carbocycles. The lowest BCUT2D eigenvalue weighted by atomic mass is 10.0. The fraction of sp³-hybridized carbons (Fsp3) is 0.500. The number of carbonyl (C=O) groups is 2. The van der Waals surface area contributed by atoms with E-state index >= 15 is 0 Å². The summed E-state index contributed by atoms with van der Waals surface area (Å²) in [5.74, 6) is -0.701. The Hall–Kier alpha value is -1.93. The van der Waals surface area contributed by atoms with Crippen molar-refractivity contribution >= 4 is 38.8 Å². The highest BCUT2D eigenvalue weighted by atomic mass is 79.9. The molecule has 2 heterocycles. The number of hydrogen-bond donors (Lipinski definition) is 1. The Bertz CT molecular complexity index is 893. The van der Waals surface area contributed by atoms with Gasteiger partial charge in [0.15, 0.2) is 0 Å². The number of alkyl halides is 1. The van der Waals surface area contributed by atoms with E-state index in [4.69, 9.17) is 4.74 Å². The summed E-state index contributed by atoms with van der Waals surface area (Å²) in [5, 5.41) is 3.14. The van der Waals surface area contributed by atoms with Crippen molar-refractivity contribution in [3.63, 3.8) is 0 Å². The average Bonchev–Trinajstić information content (AvgIpc) is 2.87. The number of aromatic nitrogens is 2. The molecule has 3 rings (SSSR count). The smallest absolute Gasteiger partial charge is 0.329 e. The molecule has 1 unspecified atom stereocenters. The number of fused-ring (bicyclic) bond motifs is 1. The fourth-order valence-corrected chi connectivity index (χ4v) is 3.70. The van der Waals surface area contributed by atoms with Crippen LogP contribution in [0.25, 0.3) is 11.0 Å². The number of aryl methyl sites for hydroxylation is 2. The van der Waals surface area contributed by atoms with E-state index in [0.29, 0.717) is 19.6 Å². The molecule has 26 heavy (non-hydrogen) atoms. The Morgan fingerprint density at radius 3 is 2.85 bits per heavy atom. The Morgan fingerprint density at radius 1 is 1.31 bits per heavy atom. The van der Waals surface area contributed by atoms with Gasteiger partial charge >= 0.3 is 5.69 Å². The van der Waals surface area contributed by atoms with Crippen LogP contribution >= 0.6 is 15.9 Å². The van der Waals surface area contributed by atoms with E-state index in [1.54, 1.807) is 11.6 Å². The maximum Gasteiger partial charge on any atom is 0.329 e. The maximum atomic E-state index is 12.8. The van der Waals surface area contributed by atoms with Gasteiger partial charge in [0.25, 0.3) is 0 Å². The molecule has 1 fully saturated rings. The third-order valence-corrected chi connectivity index (χ3v) is 4.99. The first-order valence-electron chi connectivity index (χ1n) is 8.70. The molecule has 0 radical (unpaired) electrons. The molecule has 7 nitrogen and oxygen atoms in total. The van der Waals surface area contributed by atoms with Crippen LogP contribution in [0.2, 0.25) is 0 Å². The van der Waals surface area contributed by atoms with Crippen molar-refractivity contribution in [1.82, 2.24) is 14.5 Å². The second-order valence-electron chi connectivity index (χ2n) is 6.37. The third kappa shape index (κ3) is 3.61. The van der Waals surface area contributed by atoms with Crippen LogP contribution in [-0.2, 0) is 27.8 Å². The lowest BCUT2D eigenvalue weighted by Crippen LogP contribution is -2.44. The van der Waals surface area contributed by atoms with Crippen molar-refractivity contribution in [3.8, 4) is 0 Å². The second kappa shape index (κ2) is 8.18. The van der Waals surface area contributed by atoms with Crippen LogP contribution in [0.1, 0.15) is 32.3 Å². The molecular formula is C18H24BrN3O4. The minimum atomic E-state index is -0.651. The Balaban J connectivity index is 0.00000261. The number of nitrogens with one attached hydrogen (secondary N) is 1. The predicted octanol–water partition coefficient (Wildman–Crippen LogP) is 1.91. The van der Waals surface area contributed by atoms with Crippen LogP contribution in [0, 0.1) is 0 Å². The maximum absolute atomic E-state index is 12.8. The van der Waals surface area contributed by atoms with E-state index in [1.807, 2.05) is 18.2 Å². The quantitative estimate of drug-likeness (QED) is 0.417. The normalized spacial score (nSPS) is 17.7. The van der Waals surface area contributed by atoms with Crippen LogP contribution in [0.3, 0.4) is 0 Å². The predicted molar refractivity (Wildman–Crippen MR) is 104 cm³/mol. The number of carbonyl (C=O) groups excluding carboxylic acids is 2. The average molecular weight is 426 g/mol. The van der Waals surface area contributed by atoms with Crippen molar-refractivity contribution in [2.24, 2.45) is 7.05 Å². The van der Waals surface area contributed by atoms with Gasteiger partial charge in [-0.05, 0) is 30.9 Å². The largest absolute Gasteiger partial charge is 0.381 e. The van der Waals surface area contributed by atoms with Crippen LogP contribution < -0.4 is 11.0 Å². The summed E-state index contributed by atoms with van der Waals surface area (Å²) in [7, 11) is 1.72. The summed E-state index contributed by atoms with van der Waals surface area (Å²) in [6.07, 6.45) is 2.22. The number of amides is 2. The number of hydrogen-bond acceptors (Lipinski definition) is 4. The zero-order valence-corrected chi connectivity index (χ0v) is 16.3. The van der Waals surface area contributed by atoms with Gasteiger partial charge in [0, 0.05) is 26.8 Å². The lowest BCUT2D eigenvalue weighted by molar-refractivity contribution is -0.135. The number of imidazole rings is 1. The zero-order valence-electron chi connectivity index (χ0n) is 14.7. The summed E-state index contributed by atoms with van der Waals surface area (Å²) in [6.45, 7) is 1.33. The molecule has 1 aliphatic heterocycles. The number of ether oxygens (including phenoxy) is 1. The SMILES string of the molecule is Cn1c(=O)n(C2CCC(=O)NC2=O)c2cccc(CCCOCCBr)c21.[HH]. The van der Waals surface area contributed by atoms with Crippen molar-refractivity contribution < 1.29 is 15.8 Å². The summed E-state index contributed by atoms with van der Waals surface area (Å²) in [6, 6.07) is 5.10. The van der Waals surface area contributed by atoms with E-state index in [1.165, 1.54) is 4.57 Å². The number of imide groups is 1. The number of halogens is 1. The van der Waals surface area contributed by atoms with Gasteiger partial charge in [-0.15, -0.1) is 0 Å². The highest BCUT2D eigenvalue weighted by Gasteiger charge is 2.31. The molecule has 8 heteroatoms. The van der Waals surface area contributed by atoms with Gasteiger partial charge in [0.1, 0.15) is 6.04 Å². The minimum Gasteiger partial charge on any atom is -0.381 e. The molecule has 0 spiro atoms. The van der Waals surface area contributed by atoms with Gasteiger partial charge in [-0.1, -0.05) is 28.1 Å². The topological polar surface area (TPSA) is 82.3 Å². The molecule has 1 saturated heterocycles. The molecular weight excluding hydrogens is 402 g/mol. The van der Waals surface area contributed by atoms with Gasteiger partial charge in [0.2, 0.25) is 11.8 Å².